The summed E-state index contributed by atoms with van der Waals surface area (Å²) in [5.41, 5.74) is 1.03. The fourth-order valence-corrected chi connectivity index (χ4v) is 2.18. The van der Waals surface area contributed by atoms with Crippen molar-refractivity contribution >= 4 is 12.0 Å². The minimum atomic E-state index is -0.621. The van der Waals surface area contributed by atoms with E-state index < -0.39 is 17.2 Å². The fraction of sp³-hybridized carbons (Fsp3) is 0. The molecular weight excluding hydrogens is 324 g/mol. The molecule has 4 N–H and O–H groups in total. The Hall–Kier alpha value is -3.99. The molecule has 0 fully saturated rings. The first-order valence-electron chi connectivity index (χ1n) is 7.05. The molecule has 1 heterocycles. The van der Waals surface area contributed by atoms with Crippen LogP contribution in [0, 0.1) is 11.3 Å². The van der Waals surface area contributed by atoms with Crippen LogP contribution in [-0.2, 0) is 0 Å². The lowest BCUT2D eigenvalue weighted by atomic mass is 10.2. The third kappa shape index (κ3) is 3.07. The molecule has 0 spiro atoms. The summed E-state index contributed by atoms with van der Waals surface area (Å²) >= 11 is 0. The van der Waals surface area contributed by atoms with Gasteiger partial charge in [-0.1, -0.05) is 0 Å². The predicted molar refractivity (Wildman–Crippen MR) is 88.6 cm³/mol. The second-order valence-corrected chi connectivity index (χ2v) is 5.08. The van der Waals surface area contributed by atoms with Crippen LogP contribution in [0.25, 0.3) is 5.69 Å². The number of aromatic hydroxyl groups is 4. The smallest absolute Gasteiger partial charge is 0.200 e. The zero-order chi connectivity index (χ0) is 18.0. The lowest BCUT2D eigenvalue weighted by Crippen LogP contribution is -1.92. The van der Waals surface area contributed by atoms with Crippen LogP contribution in [0.2, 0.25) is 0 Å². The van der Waals surface area contributed by atoms with E-state index in [2.05, 4.69) is 9.98 Å². The first-order chi connectivity index (χ1) is 12.0. The van der Waals surface area contributed by atoms with Gasteiger partial charge < -0.3 is 20.4 Å². The number of nitrogens with zero attached hydrogens (tertiary/aromatic N) is 4. The molecule has 0 amide bonds. The monoisotopic (exact) mass is 336 g/mol. The number of nitriles is 1. The highest BCUT2D eigenvalue weighted by molar-refractivity contribution is 5.84. The average Bonchev–Trinajstić information content (AvgIpc) is 3.01. The molecule has 0 saturated carbocycles. The molecule has 0 aliphatic carbocycles. The highest BCUT2D eigenvalue weighted by Gasteiger charge is 2.12. The van der Waals surface area contributed by atoms with E-state index in [0.29, 0.717) is 11.3 Å². The van der Waals surface area contributed by atoms with E-state index in [1.807, 2.05) is 6.07 Å². The number of benzene rings is 2. The Bertz CT molecular complexity index is 977. The normalized spacial score (nSPS) is 10.8. The molecule has 8 nitrogen and oxygen atoms in total. The van der Waals surface area contributed by atoms with Crippen molar-refractivity contribution in [2.45, 2.75) is 0 Å². The SMILES string of the molecule is N#Cc1ncn(-c2ccc(O)cc2)c1/N=C/c1cc(O)c(O)c(O)c1. The Morgan fingerprint density at radius 1 is 1.04 bits per heavy atom. The number of aromatic nitrogens is 2. The number of phenols is 4. The Morgan fingerprint density at radius 2 is 1.68 bits per heavy atom. The zero-order valence-electron chi connectivity index (χ0n) is 12.7. The van der Waals surface area contributed by atoms with E-state index in [1.165, 1.54) is 36.8 Å². The second-order valence-electron chi connectivity index (χ2n) is 5.08. The van der Waals surface area contributed by atoms with Crippen LogP contribution in [0.3, 0.4) is 0 Å². The number of imidazole rings is 1. The van der Waals surface area contributed by atoms with E-state index in [4.69, 9.17) is 0 Å². The van der Waals surface area contributed by atoms with Gasteiger partial charge in [-0.15, -0.1) is 0 Å². The lowest BCUT2D eigenvalue weighted by molar-refractivity contribution is 0.368. The Morgan fingerprint density at radius 3 is 2.28 bits per heavy atom. The summed E-state index contributed by atoms with van der Waals surface area (Å²) in [6.45, 7) is 0. The van der Waals surface area contributed by atoms with E-state index in [0.717, 1.165) is 0 Å². The van der Waals surface area contributed by atoms with Crippen LogP contribution in [0.4, 0.5) is 5.82 Å². The van der Waals surface area contributed by atoms with Gasteiger partial charge in [0, 0.05) is 17.5 Å². The minimum absolute atomic E-state index is 0.0801. The summed E-state index contributed by atoms with van der Waals surface area (Å²) in [5, 5.41) is 47.0. The van der Waals surface area contributed by atoms with Gasteiger partial charge >= 0.3 is 0 Å². The summed E-state index contributed by atoms with van der Waals surface area (Å²) in [7, 11) is 0. The molecule has 0 aliphatic rings. The zero-order valence-corrected chi connectivity index (χ0v) is 12.7. The fourth-order valence-electron chi connectivity index (χ4n) is 2.18. The first-order valence-corrected chi connectivity index (χ1v) is 7.05. The molecule has 8 heteroatoms. The molecule has 0 saturated heterocycles. The van der Waals surface area contributed by atoms with E-state index in [-0.39, 0.29) is 17.3 Å². The number of hydrogen-bond donors (Lipinski definition) is 4. The lowest BCUT2D eigenvalue weighted by Gasteiger charge is -2.05. The summed E-state index contributed by atoms with van der Waals surface area (Å²) in [6, 6.07) is 10.6. The molecule has 0 bridgehead atoms. The maximum absolute atomic E-state index is 9.53. The second kappa shape index (κ2) is 6.25. The Balaban J connectivity index is 2.04. The van der Waals surface area contributed by atoms with Gasteiger partial charge in [-0.25, -0.2) is 9.98 Å². The van der Waals surface area contributed by atoms with Crippen LogP contribution >= 0.6 is 0 Å². The van der Waals surface area contributed by atoms with Crippen molar-refractivity contribution in [1.29, 1.82) is 5.26 Å². The van der Waals surface area contributed by atoms with Crippen molar-refractivity contribution in [2.24, 2.45) is 4.99 Å². The van der Waals surface area contributed by atoms with Gasteiger partial charge in [0.05, 0.1) is 0 Å². The van der Waals surface area contributed by atoms with Crippen molar-refractivity contribution in [3.63, 3.8) is 0 Å². The van der Waals surface area contributed by atoms with E-state index in [9.17, 15) is 25.7 Å². The van der Waals surface area contributed by atoms with Gasteiger partial charge in [0.2, 0.25) is 0 Å². The molecule has 2 aromatic carbocycles. The number of aliphatic imine (C=N–C) groups is 1. The molecule has 3 aromatic rings. The molecular formula is C17H12N4O4. The van der Waals surface area contributed by atoms with Crippen molar-refractivity contribution in [3.05, 3.63) is 54.0 Å². The molecule has 124 valence electrons. The van der Waals surface area contributed by atoms with Gasteiger partial charge in [0.1, 0.15) is 18.1 Å². The predicted octanol–water partition coefficient (Wildman–Crippen LogP) is 2.32. The standard InChI is InChI=1S/C17H12N4O4/c18-7-13-17(19-8-10-5-14(23)16(25)15(24)6-10)21(9-20-13)11-1-3-12(22)4-2-11/h1-6,8-9,22-25H/b19-8+. The number of rotatable bonds is 3. The highest BCUT2D eigenvalue weighted by Crippen LogP contribution is 2.35. The third-order valence-electron chi connectivity index (χ3n) is 3.40. The summed E-state index contributed by atoms with van der Waals surface area (Å²) in [6.07, 6.45) is 2.73. The van der Waals surface area contributed by atoms with Crippen LogP contribution < -0.4 is 0 Å². The summed E-state index contributed by atoms with van der Waals surface area (Å²) < 4.78 is 1.55. The van der Waals surface area contributed by atoms with Crippen LogP contribution in [-0.4, -0.2) is 36.2 Å². The van der Waals surface area contributed by atoms with Gasteiger partial charge in [0.25, 0.3) is 0 Å². The van der Waals surface area contributed by atoms with Gasteiger partial charge in [-0.3, -0.25) is 4.57 Å². The third-order valence-corrected chi connectivity index (χ3v) is 3.40. The van der Waals surface area contributed by atoms with Gasteiger partial charge in [-0.2, -0.15) is 5.26 Å². The summed E-state index contributed by atoms with van der Waals surface area (Å²) in [4.78, 5) is 8.19. The molecule has 25 heavy (non-hydrogen) atoms. The van der Waals surface area contributed by atoms with Crippen molar-refractivity contribution in [3.8, 4) is 34.8 Å². The van der Waals surface area contributed by atoms with E-state index >= 15 is 0 Å². The average molecular weight is 336 g/mol. The van der Waals surface area contributed by atoms with E-state index in [1.54, 1.807) is 16.7 Å². The van der Waals surface area contributed by atoms with Crippen molar-refractivity contribution < 1.29 is 20.4 Å². The molecule has 0 aliphatic heterocycles. The molecule has 1 aromatic heterocycles. The number of phenolic OH excluding ortho intramolecular Hbond substituents is 4. The van der Waals surface area contributed by atoms with Crippen LogP contribution in [0.5, 0.6) is 23.0 Å². The largest absolute Gasteiger partial charge is 0.508 e. The maximum Gasteiger partial charge on any atom is 0.200 e. The molecule has 0 atom stereocenters. The Labute approximate surface area is 141 Å². The topological polar surface area (TPSA) is 135 Å². The molecule has 0 radical (unpaired) electrons. The minimum Gasteiger partial charge on any atom is -0.508 e. The van der Waals surface area contributed by atoms with Crippen molar-refractivity contribution in [2.75, 3.05) is 0 Å². The quantitative estimate of drug-likeness (QED) is 0.428. The van der Waals surface area contributed by atoms with Gasteiger partial charge in [0.15, 0.2) is 28.8 Å². The Kier molecular flexibility index (Phi) is 3.97. The molecule has 3 rings (SSSR count). The number of hydrogen-bond acceptors (Lipinski definition) is 7. The highest BCUT2D eigenvalue weighted by atomic mass is 16.3. The molecule has 0 unspecified atom stereocenters. The van der Waals surface area contributed by atoms with Gasteiger partial charge in [-0.05, 0) is 36.4 Å². The van der Waals surface area contributed by atoms with Crippen LogP contribution in [0.1, 0.15) is 11.3 Å². The summed E-state index contributed by atoms with van der Waals surface area (Å²) in [5.74, 6) is -1.27. The van der Waals surface area contributed by atoms with Crippen LogP contribution in [0.15, 0.2) is 47.7 Å². The van der Waals surface area contributed by atoms with Crippen molar-refractivity contribution in [1.82, 2.24) is 9.55 Å². The maximum atomic E-state index is 9.53. The first kappa shape index (κ1) is 15.9.